The van der Waals surface area contributed by atoms with E-state index in [1.165, 1.54) is 5.56 Å². The number of hydrogen-bond acceptors (Lipinski definition) is 0. The maximum absolute atomic E-state index is 3.69. The summed E-state index contributed by atoms with van der Waals surface area (Å²) in [6, 6.07) is 10.1. The SMILES string of the molecule is C=CC(C=C)=Cc1ccccc1.C=CC=C. The lowest BCUT2D eigenvalue weighted by atomic mass is 10.1. The zero-order valence-electron chi connectivity index (χ0n) is 9.60. The summed E-state index contributed by atoms with van der Waals surface area (Å²) in [6.07, 6.45) is 8.90. The van der Waals surface area contributed by atoms with Gasteiger partial charge in [-0.2, -0.15) is 0 Å². The van der Waals surface area contributed by atoms with Crippen LogP contribution in [0.1, 0.15) is 5.56 Å². The van der Waals surface area contributed by atoms with Crippen molar-refractivity contribution in [1.82, 2.24) is 0 Å². The third-order valence-electron chi connectivity index (χ3n) is 1.77. The van der Waals surface area contributed by atoms with E-state index in [2.05, 4.69) is 26.3 Å². The molecule has 0 heteroatoms. The maximum Gasteiger partial charge on any atom is -0.0251 e. The third kappa shape index (κ3) is 6.39. The van der Waals surface area contributed by atoms with E-state index in [0.29, 0.717) is 0 Å². The summed E-state index contributed by atoms with van der Waals surface area (Å²) in [5.74, 6) is 0. The quantitative estimate of drug-likeness (QED) is 0.626. The Morgan fingerprint density at radius 3 is 1.69 bits per heavy atom. The molecule has 1 rings (SSSR count). The molecule has 0 atom stereocenters. The van der Waals surface area contributed by atoms with E-state index < -0.39 is 0 Å². The summed E-state index contributed by atoms with van der Waals surface area (Å²) in [6.45, 7) is 14.1. The molecule has 0 unspecified atom stereocenters. The topological polar surface area (TPSA) is 0 Å². The van der Waals surface area contributed by atoms with Crippen molar-refractivity contribution in [2.45, 2.75) is 0 Å². The van der Waals surface area contributed by atoms with Gasteiger partial charge in [-0.25, -0.2) is 0 Å². The zero-order chi connectivity index (χ0) is 12.2. The predicted molar refractivity (Wildman–Crippen MR) is 75.2 cm³/mol. The van der Waals surface area contributed by atoms with E-state index in [1.54, 1.807) is 24.3 Å². The second-order valence-electron chi connectivity index (χ2n) is 2.93. The van der Waals surface area contributed by atoms with E-state index >= 15 is 0 Å². The Morgan fingerprint density at radius 1 is 0.812 bits per heavy atom. The van der Waals surface area contributed by atoms with Gasteiger partial charge in [-0.1, -0.05) is 81.0 Å². The van der Waals surface area contributed by atoms with Crippen LogP contribution in [0.5, 0.6) is 0 Å². The first-order valence-electron chi connectivity index (χ1n) is 5.03. The van der Waals surface area contributed by atoms with Gasteiger partial charge in [0.25, 0.3) is 0 Å². The second-order valence-corrected chi connectivity index (χ2v) is 2.93. The number of rotatable bonds is 4. The van der Waals surface area contributed by atoms with E-state index in [0.717, 1.165) is 5.57 Å². The summed E-state index contributed by atoms with van der Waals surface area (Å²) in [7, 11) is 0. The lowest BCUT2D eigenvalue weighted by molar-refractivity contribution is 1.64. The number of benzene rings is 1. The molecule has 0 aliphatic carbocycles. The Morgan fingerprint density at radius 2 is 1.31 bits per heavy atom. The normalized spacial score (nSPS) is 7.75. The van der Waals surface area contributed by atoms with E-state index in [9.17, 15) is 0 Å². The van der Waals surface area contributed by atoms with Crippen LogP contribution in [-0.2, 0) is 0 Å². The van der Waals surface area contributed by atoms with Crippen molar-refractivity contribution in [2.24, 2.45) is 0 Å². The van der Waals surface area contributed by atoms with Crippen molar-refractivity contribution in [2.75, 3.05) is 0 Å². The van der Waals surface area contributed by atoms with Crippen molar-refractivity contribution >= 4 is 6.08 Å². The van der Waals surface area contributed by atoms with Crippen molar-refractivity contribution in [3.63, 3.8) is 0 Å². The van der Waals surface area contributed by atoms with Crippen molar-refractivity contribution < 1.29 is 0 Å². The highest BCUT2D eigenvalue weighted by Gasteiger charge is 1.85. The van der Waals surface area contributed by atoms with E-state index in [-0.39, 0.29) is 0 Å². The lowest BCUT2D eigenvalue weighted by Gasteiger charge is -1.93. The van der Waals surface area contributed by atoms with Gasteiger partial charge >= 0.3 is 0 Å². The van der Waals surface area contributed by atoms with E-state index in [1.807, 2.05) is 36.4 Å². The van der Waals surface area contributed by atoms with Gasteiger partial charge in [0, 0.05) is 0 Å². The molecule has 0 saturated heterocycles. The average molecular weight is 210 g/mol. The molecule has 82 valence electrons. The molecule has 0 amide bonds. The minimum Gasteiger partial charge on any atom is -0.0991 e. The Labute approximate surface area is 98.6 Å². The van der Waals surface area contributed by atoms with Crippen LogP contribution in [0.3, 0.4) is 0 Å². The van der Waals surface area contributed by atoms with Crippen molar-refractivity contribution in [3.05, 3.63) is 92.1 Å². The zero-order valence-corrected chi connectivity index (χ0v) is 9.60. The Balaban J connectivity index is 0.000000487. The molecule has 1 aromatic rings. The molecule has 0 heterocycles. The van der Waals surface area contributed by atoms with Gasteiger partial charge in [0.15, 0.2) is 0 Å². The number of hydrogen-bond donors (Lipinski definition) is 0. The molecule has 0 aliphatic heterocycles. The molecule has 0 spiro atoms. The summed E-state index contributed by atoms with van der Waals surface area (Å²) in [4.78, 5) is 0. The van der Waals surface area contributed by atoms with Gasteiger partial charge in [-0.15, -0.1) is 0 Å². The van der Waals surface area contributed by atoms with Gasteiger partial charge in [-0.05, 0) is 17.2 Å². The molecule has 0 saturated carbocycles. The molecule has 0 radical (unpaired) electrons. The van der Waals surface area contributed by atoms with Crippen LogP contribution in [0.25, 0.3) is 6.08 Å². The maximum atomic E-state index is 3.69. The molecule has 0 N–H and O–H groups in total. The highest BCUT2D eigenvalue weighted by atomic mass is 13.9. The highest BCUT2D eigenvalue weighted by Crippen LogP contribution is 2.07. The van der Waals surface area contributed by atoms with Crippen molar-refractivity contribution in [3.8, 4) is 0 Å². The Hall–Kier alpha value is -2.08. The van der Waals surface area contributed by atoms with Crippen LogP contribution in [0, 0.1) is 0 Å². The molecular weight excluding hydrogens is 192 g/mol. The molecule has 0 nitrogen and oxygen atoms in total. The molecular formula is C16H18. The monoisotopic (exact) mass is 210 g/mol. The van der Waals surface area contributed by atoms with E-state index in [4.69, 9.17) is 0 Å². The van der Waals surface area contributed by atoms with Crippen LogP contribution in [-0.4, -0.2) is 0 Å². The Bertz CT molecular complexity index is 350. The molecule has 16 heavy (non-hydrogen) atoms. The fraction of sp³-hybridized carbons (Fsp3) is 0. The van der Waals surface area contributed by atoms with Gasteiger partial charge < -0.3 is 0 Å². The van der Waals surface area contributed by atoms with Crippen LogP contribution >= 0.6 is 0 Å². The van der Waals surface area contributed by atoms with Gasteiger partial charge in [0.1, 0.15) is 0 Å². The summed E-state index contributed by atoms with van der Waals surface area (Å²) < 4.78 is 0. The minimum absolute atomic E-state index is 1.04. The minimum atomic E-state index is 1.04. The van der Waals surface area contributed by atoms with Crippen LogP contribution in [0.15, 0.2) is 86.5 Å². The molecule has 0 aliphatic rings. The molecule has 0 bridgehead atoms. The van der Waals surface area contributed by atoms with Crippen LogP contribution in [0.4, 0.5) is 0 Å². The first-order valence-corrected chi connectivity index (χ1v) is 5.03. The Kier molecular flexibility index (Phi) is 8.24. The fourth-order valence-electron chi connectivity index (χ4n) is 0.943. The summed E-state index contributed by atoms with van der Waals surface area (Å²) in [5, 5.41) is 0. The first-order chi connectivity index (χ1) is 7.78. The number of allylic oxidation sites excluding steroid dienone is 5. The second kappa shape index (κ2) is 9.47. The van der Waals surface area contributed by atoms with Crippen LogP contribution in [0.2, 0.25) is 0 Å². The molecule has 0 fully saturated rings. The van der Waals surface area contributed by atoms with Gasteiger partial charge in [-0.3, -0.25) is 0 Å². The third-order valence-corrected chi connectivity index (χ3v) is 1.77. The largest absolute Gasteiger partial charge is 0.0991 e. The summed E-state index contributed by atoms with van der Waals surface area (Å²) >= 11 is 0. The van der Waals surface area contributed by atoms with Gasteiger partial charge in [0.2, 0.25) is 0 Å². The van der Waals surface area contributed by atoms with Crippen LogP contribution < -0.4 is 0 Å². The fourth-order valence-corrected chi connectivity index (χ4v) is 0.943. The standard InChI is InChI=1S/C12H12.C4H6/c1-3-11(4-2)10-12-8-6-5-7-9-12;1-3-4-2/h3-10H,1-2H2;3-4H,1-2H2. The average Bonchev–Trinajstić information content (AvgIpc) is 2.37. The molecule has 1 aromatic carbocycles. The van der Waals surface area contributed by atoms with Crippen molar-refractivity contribution in [1.29, 1.82) is 0 Å². The summed E-state index contributed by atoms with van der Waals surface area (Å²) in [5.41, 5.74) is 2.22. The predicted octanol–water partition coefficient (Wildman–Crippen LogP) is 4.80. The molecule has 0 aromatic heterocycles. The first kappa shape index (κ1) is 13.9. The lowest BCUT2D eigenvalue weighted by Crippen LogP contribution is -1.72. The smallest absolute Gasteiger partial charge is 0.0251 e. The van der Waals surface area contributed by atoms with Gasteiger partial charge in [0.05, 0.1) is 0 Å². The highest BCUT2D eigenvalue weighted by molar-refractivity contribution is 5.58.